The number of nitrogens with one attached hydrogen (secondary N) is 1. The molecule has 142 valence electrons. The summed E-state index contributed by atoms with van der Waals surface area (Å²) in [6.07, 6.45) is 0. The van der Waals surface area contributed by atoms with Crippen LogP contribution < -0.4 is 10.1 Å². The van der Waals surface area contributed by atoms with Crippen LogP contribution in [0.3, 0.4) is 0 Å². The van der Waals surface area contributed by atoms with Crippen molar-refractivity contribution < 1.29 is 14.3 Å². The molecule has 0 aromatic heterocycles. The number of imide groups is 1. The van der Waals surface area contributed by atoms with Crippen molar-refractivity contribution in [3.05, 3.63) is 64.7 Å². The zero-order valence-corrected chi connectivity index (χ0v) is 16.4. The van der Waals surface area contributed by atoms with Gasteiger partial charge < -0.3 is 10.1 Å². The van der Waals surface area contributed by atoms with Gasteiger partial charge in [-0.3, -0.25) is 9.69 Å². The molecule has 27 heavy (non-hydrogen) atoms. The van der Waals surface area contributed by atoms with E-state index in [1.54, 1.807) is 31.2 Å². The Labute approximate surface area is 164 Å². The molecule has 3 rings (SSSR count). The number of amides is 3. The van der Waals surface area contributed by atoms with E-state index in [4.69, 9.17) is 16.3 Å². The second-order valence-electron chi connectivity index (χ2n) is 7.09. The van der Waals surface area contributed by atoms with Crippen LogP contribution in [0.15, 0.2) is 48.5 Å². The second kappa shape index (κ2) is 7.61. The Balaban J connectivity index is 1.67. The average Bonchev–Trinajstić information content (AvgIpc) is 2.87. The Morgan fingerprint density at radius 3 is 2.30 bits per heavy atom. The summed E-state index contributed by atoms with van der Waals surface area (Å²) < 4.78 is 5.60. The Morgan fingerprint density at radius 1 is 1.07 bits per heavy atom. The smallest absolute Gasteiger partial charge is 0.325 e. The first kappa shape index (κ1) is 19.2. The van der Waals surface area contributed by atoms with Crippen LogP contribution in [0.4, 0.5) is 4.79 Å². The first-order chi connectivity index (χ1) is 12.8. The normalized spacial score (nSPS) is 19.5. The molecule has 0 saturated carbocycles. The number of ether oxygens (including phenoxy) is 1. The van der Waals surface area contributed by atoms with Crippen molar-refractivity contribution in [3.63, 3.8) is 0 Å². The van der Waals surface area contributed by atoms with Crippen LogP contribution in [-0.2, 0) is 10.3 Å². The monoisotopic (exact) mass is 386 g/mol. The first-order valence-corrected chi connectivity index (χ1v) is 9.32. The van der Waals surface area contributed by atoms with Crippen molar-refractivity contribution in [2.24, 2.45) is 0 Å². The van der Waals surface area contributed by atoms with Crippen LogP contribution in [-0.4, -0.2) is 30.0 Å². The molecule has 1 heterocycles. The third-order valence-electron chi connectivity index (χ3n) is 4.83. The zero-order chi connectivity index (χ0) is 19.6. The van der Waals surface area contributed by atoms with Gasteiger partial charge in [0.15, 0.2) is 0 Å². The van der Waals surface area contributed by atoms with E-state index in [1.165, 1.54) is 10.5 Å². The lowest BCUT2D eigenvalue weighted by Gasteiger charge is -2.23. The van der Waals surface area contributed by atoms with E-state index >= 15 is 0 Å². The molecular formula is C21H23ClN2O3. The van der Waals surface area contributed by atoms with Crippen molar-refractivity contribution in [2.75, 3.05) is 13.2 Å². The number of carbonyl (C=O) groups excluding carboxylic acids is 2. The lowest BCUT2D eigenvalue weighted by molar-refractivity contribution is -0.131. The predicted molar refractivity (Wildman–Crippen MR) is 105 cm³/mol. The topological polar surface area (TPSA) is 58.6 Å². The SMILES string of the molecule is CC(C)c1ccc(C2(C)NC(=O)N(CCOc3ccc(Cl)cc3)C2=O)cc1. The van der Waals surface area contributed by atoms with E-state index < -0.39 is 11.6 Å². The highest BCUT2D eigenvalue weighted by atomic mass is 35.5. The fourth-order valence-electron chi connectivity index (χ4n) is 3.08. The Hall–Kier alpha value is -2.53. The minimum atomic E-state index is -1.06. The molecule has 0 aliphatic carbocycles. The molecule has 1 aliphatic rings. The summed E-state index contributed by atoms with van der Waals surface area (Å²) in [6, 6.07) is 14.3. The molecule has 2 aromatic carbocycles. The van der Waals surface area contributed by atoms with Gasteiger partial charge in [0, 0.05) is 5.02 Å². The third-order valence-corrected chi connectivity index (χ3v) is 5.08. The van der Waals surface area contributed by atoms with Gasteiger partial charge in [-0.25, -0.2) is 4.79 Å². The lowest BCUT2D eigenvalue weighted by Crippen LogP contribution is -2.41. The molecule has 2 aromatic rings. The summed E-state index contributed by atoms with van der Waals surface area (Å²) in [5.74, 6) is 0.769. The van der Waals surface area contributed by atoms with Crippen LogP contribution in [0.1, 0.15) is 37.8 Å². The molecule has 1 saturated heterocycles. The summed E-state index contributed by atoms with van der Waals surface area (Å²) in [5.41, 5.74) is 0.895. The van der Waals surface area contributed by atoms with Crippen molar-refractivity contribution in [3.8, 4) is 5.75 Å². The minimum Gasteiger partial charge on any atom is -0.492 e. The molecule has 0 bridgehead atoms. The van der Waals surface area contributed by atoms with Crippen LogP contribution >= 0.6 is 11.6 Å². The van der Waals surface area contributed by atoms with Crippen LogP contribution in [0.5, 0.6) is 5.75 Å². The van der Waals surface area contributed by atoms with Crippen LogP contribution in [0.25, 0.3) is 0 Å². The largest absolute Gasteiger partial charge is 0.492 e. The first-order valence-electron chi connectivity index (χ1n) is 8.94. The molecule has 1 unspecified atom stereocenters. The Morgan fingerprint density at radius 2 is 1.70 bits per heavy atom. The van der Waals surface area contributed by atoms with Crippen molar-refractivity contribution in [2.45, 2.75) is 32.2 Å². The molecule has 0 spiro atoms. The van der Waals surface area contributed by atoms with Crippen molar-refractivity contribution >= 4 is 23.5 Å². The van der Waals surface area contributed by atoms with Crippen LogP contribution in [0, 0.1) is 0 Å². The highest BCUT2D eigenvalue weighted by Crippen LogP contribution is 2.30. The lowest BCUT2D eigenvalue weighted by atomic mass is 9.90. The van der Waals surface area contributed by atoms with Gasteiger partial charge in [-0.2, -0.15) is 0 Å². The third kappa shape index (κ3) is 3.93. The summed E-state index contributed by atoms with van der Waals surface area (Å²) in [5, 5.41) is 3.44. The molecule has 1 aliphatic heterocycles. The minimum absolute atomic E-state index is 0.174. The quantitative estimate of drug-likeness (QED) is 0.752. The number of hydrogen-bond acceptors (Lipinski definition) is 3. The number of halogens is 1. The van der Waals surface area contributed by atoms with Crippen LogP contribution in [0.2, 0.25) is 5.02 Å². The van der Waals surface area contributed by atoms with E-state index in [0.717, 1.165) is 5.56 Å². The fraction of sp³-hybridized carbons (Fsp3) is 0.333. The molecule has 1 N–H and O–H groups in total. The predicted octanol–water partition coefficient (Wildman–Crippen LogP) is 4.31. The summed E-state index contributed by atoms with van der Waals surface area (Å²) >= 11 is 5.84. The van der Waals surface area contributed by atoms with Gasteiger partial charge in [0.2, 0.25) is 0 Å². The Kier molecular flexibility index (Phi) is 5.42. The number of benzene rings is 2. The highest BCUT2D eigenvalue weighted by molar-refractivity contribution is 6.30. The van der Waals surface area contributed by atoms with E-state index in [9.17, 15) is 9.59 Å². The number of nitrogens with zero attached hydrogens (tertiary/aromatic N) is 1. The zero-order valence-electron chi connectivity index (χ0n) is 15.7. The van der Waals surface area contributed by atoms with Crippen molar-refractivity contribution in [1.29, 1.82) is 0 Å². The Bertz CT molecular complexity index is 834. The number of rotatable bonds is 6. The van der Waals surface area contributed by atoms with Crippen molar-refractivity contribution in [1.82, 2.24) is 10.2 Å². The molecule has 1 atom stereocenters. The summed E-state index contributed by atoms with van der Waals surface area (Å²) in [6.45, 7) is 6.34. The maximum Gasteiger partial charge on any atom is 0.325 e. The molecule has 5 nitrogen and oxygen atoms in total. The molecule has 0 radical (unpaired) electrons. The van der Waals surface area contributed by atoms with Gasteiger partial charge in [-0.05, 0) is 48.2 Å². The van der Waals surface area contributed by atoms with Gasteiger partial charge in [0.25, 0.3) is 5.91 Å². The second-order valence-corrected chi connectivity index (χ2v) is 7.53. The average molecular weight is 387 g/mol. The standard InChI is InChI=1S/C21H23ClN2O3/c1-14(2)15-4-6-16(7-5-15)21(3)19(25)24(20(26)23-21)12-13-27-18-10-8-17(22)9-11-18/h4-11,14H,12-13H2,1-3H3,(H,23,26). The van der Waals surface area contributed by atoms with E-state index in [1.807, 2.05) is 24.3 Å². The molecule has 6 heteroatoms. The number of urea groups is 1. The molecule has 3 amide bonds. The van der Waals surface area contributed by atoms with E-state index in [0.29, 0.717) is 16.7 Å². The van der Waals surface area contributed by atoms with E-state index in [2.05, 4.69) is 19.2 Å². The maximum absolute atomic E-state index is 12.9. The number of hydrogen-bond donors (Lipinski definition) is 1. The van der Waals surface area contributed by atoms with Gasteiger partial charge in [-0.15, -0.1) is 0 Å². The summed E-state index contributed by atoms with van der Waals surface area (Å²) in [7, 11) is 0. The van der Waals surface area contributed by atoms with Gasteiger partial charge >= 0.3 is 6.03 Å². The highest BCUT2D eigenvalue weighted by Gasteiger charge is 2.48. The van der Waals surface area contributed by atoms with Gasteiger partial charge in [-0.1, -0.05) is 49.7 Å². The maximum atomic E-state index is 12.9. The molecule has 1 fully saturated rings. The summed E-state index contributed by atoms with van der Waals surface area (Å²) in [4.78, 5) is 26.5. The molecular weight excluding hydrogens is 364 g/mol. The van der Waals surface area contributed by atoms with Gasteiger partial charge in [0.05, 0.1) is 6.54 Å². The fourth-order valence-corrected chi connectivity index (χ4v) is 3.21. The number of carbonyl (C=O) groups is 2. The van der Waals surface area contributed by atoms with E-state index in [-0.39, 0.29) is 19.1 Å². The van der Waals surface area contributed by atoms with Gasteiger partial charge in [0.1, 0.15) is 17.9 Å².